The lowest BCUT2D eigenvalue weighted by atomic mass is 10.2. The predicted molar refractivity (Wildman–Crippen MR) is 45.3 cm³/mol. The molecular formula is C8H9BO5-2. The van der Waals surface area contributed by atoms with Crippen LogP contribution in [0, 0.1) is 0 Å². The standard InChI is InChI=1S/C8H9BO5/c1-12-6-13-7-2-4-8(5-3-7)14-9(10)11/h2-5H,6H2,1H3/q-2. The van der Waals surface area contributed by atoms with Crippen molar-refractivity contribution in [3.05, 3.63) is 24.3 Å². The molecule has 0 aliphatic rings. The Morgan fingerprint density at radius 1 is 1.14 bits per heavy atom. The van der Waals surface area contributed by atoms with Gasteiger partial charge in [-0.05, 0) is 24.3 Å². The van der Waals surface area contributed by atoms with Crippen LogP contribution in [-0.4, -0.2) is 21.2 Å². The number of ether oxygens (including phenoxy) is 2. The zero-order valence-electron chi connectivity index (χ0n) is 7.64. The summed E-state index contributed by atoms with van der Waals surface area (Å²) in [5, 5.41) is 20.2. The molecule has 1 aromatic carbocycles. The summed E-state index contributed by atoms with van der Waals surface area (Å²) in [5.41, 5.74) is 0. The van der Waals surface area contributed by atoms with Crippen molar-refractivity contribution in [3.8, 4) is 11.5 Å². The van der Waals surface area contributed by atoms with Gasteiger partial charge in [0.15, 0.2) is 6.79 Å². The number of hydrogen-bond donors (Lipinski definition) is 0. The third-order valence-electron chi connectivity index (χ3n) is 1.40. The molecule has 0 fully saturated rings. The van der Waals surface area contributed by atoms with Crippen LogP contribution in [0.2, 0.25) is 0 Å². The van der Waals surface area contributed by atoms with E-state index in [9.17, 15) is 10.0 Å². The van der Waals surface area contributed by atoms with Crippen molar-refractivity contribution in [1.29, 1.82) is 0 Å². The monoisotopic (exact) mass is 196 g/mol. The molecule has 0 saturated heterocycles. The van der Waals surface area contributed by atoms with Crippen LogP contribution in [0.3, 0.4) is 0 Å². The minimum absolute atomic E-state index is 0.145. The first-order valence-corrected chi connectivity index (χ1v) is 3.92. The van der Waals surface area contributed by atoms with Crippen LogP contribution in [-0.2, 0) is 4.74 Å². The zero-order valence-corrected chi connectivity index (χ0v) is 7.64. The van der Waals surface area contributed by atoms with E-state index in [4.69, 9.17) is 4.74 Å². The fourth-order valence-electron chi connectivity index (χ4n) is 0.853. The Hall–Kier alpha value is -1.24. The highest BCUT2D eigenvalue weighted by Crippen LogP contribution is 2.17. The van der Waals surface area contributed by atoms with Gasteiger partial charge < -0.3 is 24.2 Å². The number of benzene rings is 1. The smallest absolute Gasteiger partial charge is 0.188 e. The van der Waals surface area contributed by atoms with E-state index in [-0.39, 0.29) is 12.5 Å². The number of rotatable bonds is 5. The van der Waals surface area contributed by atoms with Crippen LogP contribution < -0.4 is 19.4 Å². The van der Waals surface area contributed by atoms with E-state index >= 15 is 0 Å². The van der Waals surface area contributed by atoms with Gasteiger partial charge in [0.05, 0.1) is 5.75 Å². The van der Waals surface area contributed by atoms with Crippen molar-refractivity contribution >= 4 is 7.32 Å². The van der Waals surface area contributed by atoms with E-state index in [0.29, 0.717) is 5.75 Å². The molecule has 0 amide bonds. The third-order valence-corrected chi connectivity index (χ3v) is 1.40. The van der Waals surface area contributed by atoms with Crippen LogP contribution in [0.1, 0.15) is 0 Å². The Bertz CT molecular complexity index is 261. The van der Waals surface area contributed by atoms with E-state index in [1.165, 1.54) is 19.2 Å². The molecule has 5 nitrogen and oxygen atoms in total. The molecule has 0 aliphatic carbocycles. The van der Waals surface area contributed by atoms with Gasteiger partial charge in [-0.25, -0.2) is 0 Å². The Kier molecular flexibility index (Phi) is 4.25. The Labute approximate surface area is 82.0 Å². The van der Waals surface area contributed by atoms with Gasteiger partial charge in [-0.2, -0.15) is 0 Å². The molecule has 1 rings (SSSR count). The second-order valence-corrected chi connectivity index (χ2v) is 2.43. The summed E-state index contributed by atoms with van der Waals surface area (Å²) in [7, 11) is -0.794. The highest BCUT2D eigenvalue weighted by molar-refractivity contribution is 6.29. The van der Waals surface area contributed by atoms with Crippen molar-refractivity contribution in [3.63, 3.8) is 0 Å². The number of methoxy groups -OCH3 is 1. The van der Waals surface area contributed by atoms with Gasteiger partial charge >= 0.3 is 0 Å². The predicted octanol–water partition coefficient (Wildman–Crippen LogP) is -1.25. The van der Waals surface area contributed by atoms with Crippen LogP contribution >= 0.6 is 0 Å². The Morgan fingerprint density at radius 2 is 1.71 bits per heavy atom. The summed E-state index contributed by atoms with van der Waals surface area (Å²) in [4.78, 5) is 0. The first-order valence-electron chi connectivity index (χ1n) is 3.92. The normalized spacial score (nSPS) is 9.64. The highest BCUT2D eigenvalue weighted by atomic mass is 16.7. The lowest BCUT2D eigenvalue weighted by Crippen LogP contribution is -2.50. The molecule has 0 radical (unpaired) electrons. The van der Waals surface area contributed by atoms with E-state index in [1.807, 2.05) is 0 Å². The maximum absolute atomic E-state index is 10.1. The molecule has 0 atom stereocenters. The molecule has 1 aromatic rings. The van der Waals surface area contributed by atoms with Gasteiger partial charge in [0.2, 0.25) is 0 Å². The van der Waals surface area contributed by atoms with Crippen LogP contribution in [0.25, 0.3) is 0 Å². The summed E-state index contributed by atoms with van der Waals surface area (Å²) >= 11 is 0. The fraction of sp³-hybridized carbons (Fsp3) is 0.250. The van der Waals surface area contributed by atoms with Crippen molar-refractivity contribution in [1.82, 2.24) is 0 Å². The molecule has 0 saturated carbocycles. The highest BCUT2D eigenvalue weighted by Gasteiger charge is 1.94. The molecule has 0 unspecified atom stereocenters. The third kappa shape index (κ3) is 3.65. The van der Waals surface area contributed by atoms with E-state index in [0.717, 1.165) is 0 Å². The van der Waals surface area contributed by atoms with Gasteiger partial charge in [0.1, 0.15) is 13.1 Å². The van der Waals surface area contributed by atoms with Crippen LogP contribution in [0.15, 0.2) is 24.3 Å². The first-order chi connectivity index (χ1) is 6.72. The summed E-state index contributed by atoms with van der Waals surface area (Å²) < 4.78 is 14.1. The average Bonchev–Trinajstić information content (AvgIpc) is 2.16. The molecule has 76 valence electrons. The summed E-state index contributed by atoms with van der Waals surface area (Å²) in [5.74, 6) is 0.803. The van der Waals surface area contributed by atoms with E-state index in [2.05, 4.69) is 9.39 Å². The molecular weight excluding hydrogens is 187 g/mol. The minimum Gasteiger partial charge on any atom is -0.860 e. The summed E-state index contributed by atoms with van der Waals surface area (Å²) in [6.45, 7) is 0.145. The molecule has 14 heavy (non-hydrogen) atoms. The van der Waals surface area contributed by atoms with Gasteiger partial charge in [0, 0.05) is 7.11 Å². The van der Waals surface area contributed by atoms with Crippen molar-refractivity contribution in [2.45, 2.75) is 0 Å². The molecule has 0 bridgehead atoms. The maximum Gasteiger partial charge on any atom is 0.188 e. The van der Waals surface area contributed by atoms with Crippen molar-refractivity contribution in [2.24, 2.45) is 0 Å². The molecule has 0 heterocycles. The van der Waals surface area contributed by atoms with Gasteiger partial charge in [0.25, 0.3) is 0 Å². The summed E-state index contributed by atoms with van der Waals surface area (Å²) in [6, 6.07) is 6.12. The molecule has 0 spiro atoms. The largest absolute Gasteiger partial charge is 0.860 e. The number of hydrogen-bond acceptors (Lipinski definition) is 5. The topological polar surface area (TPSA) is 73.8 Å². The zero-order chi connectivity index (χ0) is 10.4. The quantitative estimate of drug-likeness (QED) is 0.434. The van der Waals surface area contributed by atoms with Crippen molar-refractivity contribution < 1.29 is 24.2 Å². The molecule has 0 aromatic heterocycles. The minimum atomic E-state index is -2.30. The van der Waals surface area contributed by atoms with E-state index in [1.54, 1.807) is 12.1 Å². The van der Waals surface area contributed by atoms with E-state index < -0.39 is 7.32 Å². The molecule has 6 heteroatoms. The van der Waals surface area contributed by atoms with Gasteiger partial charge in [-0.1, -0.05) is 0 Å². The van der Waals surface area contributed by atoms with Gasteiger partial charge in [-0.3, -0.25) is 0 Å². The molecule has 0 N–H and O–H groups in total. The van der Waals surface area contributed by atoms with Crippen LogP contribution in [0.5, 0.6) is 11.5 Å². The Balaban J connectivity index is 2.50. The van der Waals surface area contributed by atoms with Crippen molar-refractivity contribution in [2.75, 3.05) is 13.9 Å². The van der Waals surface area contributed by atoms with Gasteiger partial charge in [-0.15, -0.1) is 0 Å². The first kappa shape index (κ1) is 10.8. The Morgan fingerprint density at radius 3 is 2.21 bits per heavy atom. The SMILES string of the molecule is COCOc1ccc(OB([O-])[O-])cc1. The average molecular weight is 196 g/mol. The lowest BCUT2D eigenvalue weighted by molar-refractivity contribution is -0.372. The van der Waals surface area contributed by atoms with Crippen LogP contribution in [0.4, 0.5) is 0 Å². The lowest BCUT2D eigenvalue weighted by Gasteiger charge is -2.26. The molecule has 0 aliphatic heterocycles. The fourth-order valence-corrected chi connectivity index (χ4v) is 0.853. The maximum atomic E-state index is 10.1. The second kappa shape index (κ2) is 5.49. The summed E-state index contributed by atoms with van der Waals surface area (Å²) in [6.07, 6.45) is 0. The second-order valence-electron chi connectivity index (χ2n) is 2.43.